The van der Waals surface area contributed by atoms with Crippen LogP contribution in [-0.2, 0) is 13.1 Å². The number of nitrogens with zero attached hydrogens (tertiary/aromatic N) is 2. The van der Waals surface area contributed by atoms with Gasteiger partial charge < -0.3 is 10.2 Å². The third-order valence-electron chi connectivity index (χ3n) is 7.42. The number of carbonyl (C=O) groups excluding carboxylic acids is 2. The third-order valence-corrected chi connectivity index (χ3v) is 8.56. The van der Waals surface area contributed by atoms with Crippen molar-refractivity contribution < 1.29 is 9.59 Å². The molecule has 0 bridgehead atoms. The summed E-state index contributed by atoms with van der Waals surface area (Å²) in [7, 11) is 0. The lowest BCUT2D eigenvalue weighted by Crippen LogP contribution is -2.34. The van der Waals surface area contributed by atoms with E-state index in [0.717, 1.165) is 40.6 Å². The van der Waals surface area contributed by atoms with Crippen molar-refractivity contribution in [1.29, 1.82) is 0 Å². The SMILES string of the molecule is Cc1ccc(CN2C(=O)c3ccccc3Sc3ccc(C(=O)NCCCN(Cc4ccccc4)C(C)C)cc32)cc1. The maximum absolute atomic E-state index is 13.8. The average Bonchev–Trinajstić information content (AvgIpc) is 3.10. The van der Waals surface area contributed by atoms with Crippen LogP contribution in [0.25, 0.3) is 0 Å². The van der Waals surface area contributed by atoms with Crippen molar-refractivity contribution >= 4 is 29.3 Å². The molecule has 1 heterocycles. The zero-order chi connectivity index (χ0) is 28.8. The van der Waals surface area contributed by atoms with E-state index in [1.807, 2.05) is 48.5 Å². The molecule has 41 heavy (non-hydrogen) atoms. The molecule has 1 aliphatic rings. The van der Waals surface area contributed by atoms with Crippen LogP contribution in [0, 0.1) is 6.92 Å². The largest absolute Gasteiger partial charge is 0.352 e. The van der Waals surface area contributed by atoms with Crippen molar-refractivity contribution in [2.75, 3.05) is 18.0 Å². The minimum Gasteiger partial charge on any atom is -0.352 e. The number of fused-ring (bicyclic) bond motifs is 2. The third kappa shape index (κ3) is 7.07. The Morgan fingerprint density at radius 1 is 0.878 bits per heavy atom. The number of amides is 2. The van der Waals surface area contributed by atoms with Crippen LogP contribution in [0.1, 0.15) is 57.7 Å². The second-order valence-electron chi connectivity index (χ2n) is 10.8. The predicted molar refractivity (Wildman–Crippen MR) is 168 cm³/mol. The Morgan fingerprint density at radius 2 is 1.61 bits per heavy atom. The molecule has 1 aliphatic heterocycles. The molecular weight excluding hydrogens is 526 g/mol. The van der Waals surface area contributed by atoms with E-state index < -0.39 is 0 Å². The fraction of sp³-hybridized carbons (Fsp3) is 0.257. The molecular formula is C35H37N3O2S. The topological polar surface area (TPSA) is 52.7 Å². The highest BCUT2D eigenvalue weighted by atomic mass is 32.2. The molecule has 0 fully saturated rings. The van der Waals surface area contributed by atoms with E-state index in [9.17, 15) is 9.59 Å². The molecule has 2 amide bonds. The number of carbonyl (C=O) groups is 2. The summed E-state index contributed by atoms with van der Waals surface area (Å²) in [4.78, 5) is 33.2. The van der Waals surface area contributed by atoms with E-state index in [2.05, 4.69) is 79.5 Å². The van der Waals surface area contributed by atoms with Gasteiger partial charge in [0.2, 0.25) is 0 Å². The Kier molecular flexibility index (Phi) is 9.22. The molecule has 0 radical (unpaired) electrons. The van der Waals surface area contributed by atoms with E-state index in [0.29, 0.717) is 30.3 Å². The van der Waals surface area contributed by atoms with Gasteiger partial charge in [0.15, 0.2) is 0 Å². The average molecular weight is 564 g/mol. The summed E-state index contributed by atoms with van der Waals surface area (Å²) in [6, 6.07) is 32.5. The van der Waals surface area contributed by atoms with Crippen molar-refractivity contribution in [2.45, 2.75) is 56.1 Å². The molecule has 1 N–H and O–H groups in total. The Balaban J connectivity index is 1.30. The van der Waals surface area contributed by atoms with Crippen molar-refractivity contribution in [2.24, 2.45) is 0 Å². The summed E-state index contributed by atoms with van der Waals surface area (Å²) in [5.41, 5.74) is 5.50. The van der Waals surface area contributed by atoms with E-state index >= 15 is 0 Å². The second kappa shape index (κ2) is 13.2. The number of nitrogens with one attached hydrogen (secondary N) is 1. The minimum atomic E-state index is -0.124. The molecule has 0 saturated heterocycles. The van der Waals surface area contributed by atoms with Gasteiger partial charge in [0.25, 0.3) is 11.8 Å². The lowest BCUT2D eigenvalue weighted by Gasteiger charge is -2.26. The monoisotopic (exact) mass is 563 g/mol. The first kappa shape index (κ1) is 28.7. The van der Waals surface area contributed by atoms with Crippen molar-refractivity contribution in [3.8, 4) is 0 Å². The molecule has 0 aliphatic carbocycles. The van der Waals surface area contributed by atoms with E-state index in [4.69, 9.17) is 0 Å². The van der Waals surface area contributed by atoms with Gasteiger partial charge in [-0.3, -0.25) is 14.5 Å². The number of hydrogen-bond donors (Lipinski definition) is 1. The summed E-state index contributed by atoms with van der Waals surface area (Å²) in [5.74, 6) is -0.182. The quantitative estimate of drug-likeness (QED) is 0.205. The number of rotatable bonds is 10. The van der Waals surface area contributed by atoms with Gasteiger partial charge in [0, 0.05) is 41.0 Å². The summed E-state index contributed by atoms with van der Waals surface area (Å²) in [6.07, 6.45) is 0.852. The fourth-order valence-electron chi connectivity index (χ4n) is 5.02. The van der Waals surface area contributed by atoms with Gasteiger partial charge in [-0.15, -0.1) is 0 Å². The number of benzene rings is 4. The normalized spacial score (nSPS) is 12.7. The molecule has 5 rings (SSSR count). The summed E-state index contributed by atoms with van der Waals surface area (Å²) < 4.78 is 0. The molecule has 0 aromatic heterocycles. The van der Waals surface area contributed by atoms with E-state index in [1.54, 1.807) is 16.7 Å². The fourth-order valence-corrected chi connectivity index (χ4v) is 6.08. The van der Waals surface area contributed by atoms with Crippen molar-refractivity contribution in [3.63, 3.8) is 0 Å². The van der Waals surface area contributed by atoms with Crippen molar-refractivity contribution in [1.82, 2.24) is 10.2 Å². The van der Waals surface area contributed by atoms with Gasteiger partial charge in [0.05, 0.1) is 17.8 Å². The molecule has 0 atom stereocenters. The second-order valence-corrected chi connectivity index (χ2v) is 11.9. The summed E-state index contributed by atoms with van der Waals surface area (Å²) in [5, 5.41) is 3.10. The van der Waals surface area contributed by atoms with E-state index in [1.165, 1.54) is 11.1 Å². The zero-order valence-corrected chi connectivity index (χ0v) is 24.8. The van der Waals surface area contributed by atoms with Crippen LogP contribution >= 0.6 is 11.8 Å². The number of hydrogen-bond acceptors (Lipinski definition) is 4. The molecule has 6 heteroatoms. The lowest BCUT2D eigenvalue weighted by molar-refractivity contribution is 0.0947. The zero-order valence-electron chi connectivity index (χ0n) is 24.0. The first-order chi connectivity index (χ1) is 19.9. The van der Waals surface area contributed by atoms with Gasteiger partial charge in [0.1, 0.15) is 0 Å². The first-order valence-electron chi connectivity index (χ1n) is 14.2. The maximum atomic E-state index is 13.8. The lowest BCUT2D eigenvalue weighted by atomic mass is 10.1. The van der Waals surface area contributed by atoms with Crippen LogP contribution in [0.5, 0.6) is 0 Å². The number of anilines is 1. The van der Waals surface area contributed by atoms with Gasteiger partial charge in [-0.2, -0.15) is 0 Å². The van der Waals surface area contributed by atoms with Crippen LogP contribution in [0.4, 0.5) is 5.69 Å². The Morgan fingerprint density at radius 3 is 2.37 bits per heavy atom. The Hall–Kier alpha value is -3.87. The standard InChI is InChI=1S/C35H37N3O2S/c1-25(2)37(23-27-10-5-4-6-11-27)21-9-20-36-34(39)29-18-19-33-31(22-29)38(24-28-16-14-26(3)15-17-28)35(40)30-12-7-8-13-32(30)41-33/h4-8,10-19,22,25H,9,20-21,23-24H2,1-3H3,(H,36,39). The highest BCUT2D eigenvalue weighted by molar-refractivity contribution is 7.99. The highest BCUT2D eigenvalue weighted by Gasteiger charge is 2.28. The summed E-state index contributed by atoms with van der Waals surface area (Å²) in [6.45, 7) is 9.26. The highest BCUT2D eigenvalue weighted by Crippen LogP contribution is 2.42. The van der Waals surface area contributed by atoms with Crippen LogP contribution < -0.4 is 10.2 Å². The van der Waals surface area contributed by atoms with Gasteiger partial charge >= 0.3 is 0 Å². The van der Waals surface area contributed by atoms with E-state index in [-0.39, 0.29) is 11.8 Å². The smallest absolute Gasteiger partial charge is 0.259 e. The molecule has 0 spiro atoms. The predicted octanol–water partition coefficient (Wildman–Crippen LogP) is 7.34. The molecule has 0 unspecified atom stereocenters. The van der Waals surface area contributed by atoms with Gasteiger partial charge in [-0.25, -0.2) is 0 Å². The Bertz CT molecular complexity index is 1500. The molecule has 0 saturated carbocycles. The minimum absolute atomic E-state index is 0.0582. The van der Waals surface area contributed by atoms with Crippen LogP contribution in [-0.4, -0.2) is 35.8 Å². The van der Waals surface area contributed by atoms with Crippen LogP contribution in [0.15, 0.2) is 107 Å². The Labute approximate surface area is 247 Å². The maximum Gasteiger partial charge on any atom is 0.259 e. The van der Waals surface area contributed by atoms with Crippen molar-refractivity contribution in [3.05, 3.63) is 125 Å². The molecule has 4 aromatic rings. The molecule has 210 valence electrons. The van der Waals surface area contributed by atoms with Gasteiger partial charge in [-0.05, 0) is 68.7 Å². The first-order valence-corrected chi connectivity index (χ1v) is 15.0. The molecule has 4 aromatic carbocycles. The molecule has 5 nitrogen and oxygen atoms in total. The number of aryl methyl sites for hydroxylation is 1. The summed E-state index contributed by atoms with van der Waals surface area (Å²) >= 11 is 1.57. The van der Waals surface area contributed by atoms with Gasteiger partial charge in [-0.1, -0.05) is 84.1 Å². The van der Waals surface area contributed by atoms with Crippen LogP contribution in [0.2, 0.25) is 0 Å². The van der Waals surface area contributed by atoms with Crippen LogP contribution in [0.3, 0.4) is 0 Å².